The van der Waals surface area contributed by atoms with Gasteiger partial charge in [-0.3, -0.25) is 4.79 Å². The first-order chi connectivity index (χ1) is 9.09. The first-order valence-electron chi connectivity index (χ1n) is 6.22. The number of hydrogen-bond acceptors (Lipinski definition) is 2. The van der Waals surface area contributed by atoms with Gasteiger partial charge in [0.05, 0.1) is 6.42 Å². The second-order valence-electron chi connectivity index (χ2n) is 4.59. The molecule has 0 aromatic heterocycles. The van der Waals surface area contributed by atoms with Crippen LogP contribution >= 0.6 is 0 Å². The van der Waals surface area contributed by atoms with Crippen molar-refractivity contribution in [3.63, 3.8) is 0 Å². The van der Waals surface area contributed by atoms with Crippen LogP contribution < -0.4 is 5.73 Å². The van der Waals surface area contributed by atoms with Crippen molar-refractivity contribution >= 4 is 5.97 Å². The summed E-state index contributed by atoms with van der Waals surface area (Å²) in [5.41, 5.74) is 10.1. The van der Waals surface area contributed by atoms with Crippen LogP contribution in [0.3, 0.4) is 0 Å². The summed E-state index contributed by atoms with van der Waals surface area (Å²) in [5, 5.41) is 8.84. The Bertz CT molecular complexity index is 579. The SMILES string of the molecule is Cc1c(-c2ccccc2)cccc1C(N)CC(=O)O. The third kappa shape index (κ3) is 3.01. The number of aliphatic carboxylic acids is 1. The molecule has 2 aromatic carbocycles. The summed E-state index contributed by atoms with van der Waals surface area (Å²) in [4.78, 5) is 10.8. The fourth-order valence-electron chi connectivity index (χ4n) is 2.28. The Hall–Kier alpha value is -2.13. The van der Waals surface area contributed by atoms with Crippen molar-refractivity contribution in [2.45, 2.75) is 19.4 Å². The summed E-state index contributed by atoms with van der Waals surface area (Å²) in [7, 11) is 0. The first kappa shape index (κ1) is 13.3. The summed E-state index contributed by atoms with van der Waals surface area (Å²) < 4.78 is 0. The van der Waals surface area contributed by atoms with Crippen molar-refractivity contribution in [1.29, 1.82) is 0 Å². The van der Waals surface area contributed by atoms with Gasteiger partial charge in [0.1, 0.15) is 0 Å². The zero-order valence-corrected chi connectivity index (χ0v) is 10.8. The number of rotatable bonds is 4. The predicted molar refractivity (Wildman–Crippen MR) is 75.8 cm³/mol. The van der Waals surface area contributed by atoms with Crippen molar-refractivity contribution in [1.82, 2.24) is 0 Å². The van der Waals surface area contributed by atoms with Crippen LogP contribution in [0.25, 0.3) is 11.1 Å². The largest absolute Gasteiger partial charge is 0.481 e. The molecule has 0 bridgehead atoms. The Balaban J connectivity index is 2.41. The molecule has 0 heterocycles. The minimum absolute atomic E-state index is 0.0565. The van der Waals surface area contributed by atoms with E-state index in [0.717, 1.165) is 22.3 Å². The molecule has 1 unspecified atom stereocenters. The quantitative estimate of drug-likeness (QED) is 0.882. The molecule has 0 fully saturated rings. The van der Waals surface area contributed by atoms with Crippen LogP contribution in [0.2, 0.25) is 0 Å². The molecule has 3 heteroatoms. The molecule has 98 valence electrons. The molecule has 0 saturated heterocycles. The third-order valence-electron chi connectivity index (χ3n) is 3.25. The van der Waals surface area contributed by atoms with Gasteiger partial charge >= 0.3 is 5.97 Å². The topological polar surface area (TPSA) is 63.3 Å². The van der Waals surface area contributed by atoms with Gasteiger partial charge in [0.25, 0.3) is 0 Å². The minimum atomic E-state index is -0.878. The van der Waals surface area contributed by atoms with Gasteiger partial charge in [0, 0.05) is 6.04 Å². The lowest BCUT2D eigenvalue weighted by atomic mass is 9.92. The average Bonchev–Trinajstić information content (AvgIpc) is 2.39. The molecule has 3 nitrogen and oxygen atoms in total. The summed E-state index contributed by atoms with van der Waals surface area (Å²) in [6.45, 7) is 1.99. The number of carboxylic acid groups (broad SMARTS) is 1. The molecule has 1 atom stereocenters. The van der Waals surface area contributed by atoms with Gasteiger partial charge in [-0.25, -0.2) is 0 Å². The summed E-state index contributed by atoms with van der Waals surface area (Å²) in [6.07, 6.45) is -0.0565. The van der Waals surface area contributed by atoms with Crippen LogP contribution in [-0.2, 0) is 4.79 Å². The van der Waals surface area contributed by atoms with E-state index in [4.69, 9.17) is 10.8 Å². The molecule has 3 N–H and O–H groups in total. The second kappa shape index (κ2) is 5.67. The maximum atomic E-state index is 10.8. The van der Waals surface area contributed by atoms with E-state index in [-0.39, 0.29) is 6.42 Å². The van der Waals surface area contributed by atoms with Gasteiger partial charge in [0.2, 0.25) is 0 Å². The molecule has 0 aliphatic rings. The van der Waals surface area contributed by atoms with E-state index in [0.29, 0.717) is 0 Å². The summed E-state index contributed by atoms with van der Waals surface area (Å²) in [5.74, 6) is -0.878. The van der Waals surface area contributed by atoms with Crippen LogP contribution in [0, 0.1) is 6.92 Å². The van der Waals surface area contributed by atoms with Gasteiger partial charge in [-0.2, -0.15) is 0 Å². The zero-order chi connectivity index (χ0) is 13.8. The van der Waals surface area contributed by atoms with E-state index in [1.165, 1.54) is 0 Å². The van der Waals surface area contributed by atoms with Crippen LogP contribution in [0.15, 0.2) is 48.5 Å². The Morgan fingerprint density at radius 3 is 2.47 bits per heavy atom. The predicted octanol–water partition coefficient (Wildman–Crippen LogP) is 3.14. The highest BCUT2D eigenvalue weighted by Crippen LogP contribution is 2.28. The van der Waals surface area contributed by atoms with E-state index >= 15 is 0 Å². The highest BCUT2D eigenvalue weighted by molar-refractivity contribution is 5.71. The van der Waals surface area contributed by atoms with Gasteiger partial charge in [-0.1, -0.05) is 48.5 Å². The highest BCUT2D eigenvalue weighted by Gasteiger charge is 2.14. The molecule has 2 aromatic rings. The maximum Gasteiger partial charge on any atom is 0.305 e. The lowest BCUT2D eigenvalue weighted by Gasteiger charge is -2.16. The fourth-order valence-corrected chi connectivity index (χ4v) is 2.28. The van der Waals surface area contributed by atoms with E-state index < -0.39 is 12.0 Å². The van der Waals surface area contributed by atoms with Gasteiger partial charge in [0.15, 0.2) is 0 Å². The van der Waals surface area contributed by atoms with Crippen LogP contribution in [-0.4, -0.2) is 11.1 Å². The van der Waals surface area contributed by atoms with Crippen molar-refractivity contribution in [3.05, 3.63) is 59.7 Å². The standard InChI is InChI=1S/C16H17NO2/c1-11-13(12-6-3-2-4-7-12)8-5-9-14(11)15(17)10-16(18)19/h2-9,15H,10,17H2,1H3,(H,18,19). The third-order valence-corrected chi connectivity index (χ3v) is 3.25. The van der Waals surface area contributed by atoms with Gasteiger partial charge < -0.3 is 10.8 Å². The van der Waals surface area contributed by atoms with Crippen LogP contribution in [0.1, 0.15) is 23.6 Å². The second-order valence-corrected chi connectivity index (χ2v) is 4.59. The lowest BCUT2D eigenvalue weighted by molar-refractivity contribution is -0.137. The molecule has 0 spiro atoms. The molecule has 2 rings (SSSR count). The highest BCUT2D eigenvalue weighted by atomic mass is 16.4. The molecule has 0 amide bonds. The molecule has 0 aliphatic heterocycles. The zero-order valence-electron chi connectivity index (χ0n) is 10.8. The maximum absolute atomic E-state index is 10.8. The number of carboxylic acids is 1. The molecule has 19 heavy (non-hydrogen) atoms. The monoisotopic (exact) mass is 255 g/mol. The van der Waals surface area contributed by atoms with E-state index in [1.54, 1.807) is 0 Å². The van der Waals surface area contributed by atoms with E-state index in [9.17, 15) is 4.79 Å². The number of benzene rings is 2. The van der Waals surface area contributed by atoms with Crippen molar-refractivity contribution < 1.29 is 9.90 Å². The molecule has 0 radical (unpaired) electrons. The Kier molecular flexibility index (Phi) is 3.97. The Morgan fingerprint density at radius 1 is 1.16 bits per heavy atom. The average molecular weight is 255 g/mol. The molecule has 0 saturated carbocycles. The van der Waals surface area contributed by atoms with Crippen LogP contribution in [0.4, 0.5) is 0 Å². The Morgan fingerprint density at radius 2 is 1.84 bits per heavy atom. The van der Waals surface area contributed by atoms with Gasteiger partial charge in [-0.05, 0) is 29.2 Å². The number of nitrogens with two attached hydrogens (primary N) is 1. The van der Waals surface area contributed by atoms with Crippen molar-refractivity contribution in [3.8, 4) is 11.1 Å². The number of carbonyl (C=O) groups is 1. The Labute approximate surface area is 112 Å². The normalized spacial score (nSPS) is 12.1. The number of hydrogen-bond donors (Lipinski definition) is 2. The minimum Gasteiger partial charge on any atom is -0.481 e. The lowest BCUT2D eigenvalue weighted by Crippen LogP contribution is -2.16. The first-order valence-corrected chi connectivity index (χ1v) is 6.22. The smallest absolute Gasteiger partial charge is 0.305 e. The van der Waals surface area contributed by atoms with Crippen molar-refractivity contribution in [2.75, 3.05) is 0 Å². The van der Waals surface area contributed by atoms with Gasteiger partial charge in [-0.15, -0.1) is 0 Å². The summed E-state index contributed by atoms with van der Waals surface area (Å²) >= 11 is 0. The van der Waals surface area contributed by atoms with E-state index in [1.807, 2.05) is 55.5 Å². The fraction of sp³-hybridized carbons (Fsp3) is 0.188. The van der Waals surface area contributed by atoms with E-state index in [2.05, 4.69) is 0 Å². The van der Waals surface area contributed by atoms with Crippen LogP contribution in [0.5, 0.6) is 0 Å². The van der Waals surface area contributed by atoms with Crippen molar-refractivity contribution in [2.24, 2.45) is 5.73 Å². The molecular weight excluding hydrogens is 238 g/mol. The molecular formula is C16H17NO2. The molecule has 0 aliphatic carbocycles. The summed E-state index contributed by atoms with van der Waals surface area (Å²) in [6, 6.07) is 15.4.